The van der Waals surface area contributed by atoms with Crippen molar-refractivity contribution in [1.82, 2.24) is 10.2 Å². The standard InChI is InChI=1S/C13H22N2O3/c1-2-3-11-13(17)15(7-4-12(16)14-11)10-5-8-18-9-6-10/h10-11H,2-9H2,1H3,(H,14,16). The third-order valence-corrected chi connectivity index (χ3v) is 3.71. The van der Waals surface area contributed by atoms with Gasteiger partial charge in [0.05, 0.1) is 0 Å². The average molecular weight is 254 g/mol. The molecule has 18 heavy (non-hydrogen) atoms. The van der Waals surface area contributed by atoms with Crippen molar-refractivity contribution < 1.29 is 14.3 Å². The van der Waals surface area contributed by atoms with E-state index in [-0.39, 0.29) is 23.9 Å². The van der Waals surface area contributed by atoms with Gasteiger partial charge in [0.25, 0.3) is 0 Å². The van der Waals surface area contributed by atoms with E-state index in [2.05, 4.69) is 5.32 Å². The van der Waals surface area contributed by atoms with E-state index in [4.69, 9.17) is 4.74 Å². The lowest BCUT2D eigenvalue weighted by Crippen LogP contribution is -2.49. The number of rotatable bonds is 3. The summed E-state index contributed by atoms with van der Waals surface area (Å²) in [5, 5.41) is 2.84. The molecule has 1 unspecified atom stereocenters. The second-order valence-corrected chi connectivity index (χ2v) is 5.03. The van der Waals surface area contributed by atoms with Gasteiger partial charge in [-0.1, -0.05) is 13.3 Å². The first-order valence-corrected chi connectivity index (χ1v) is 6.90. The largest absolute Gasteiger partial charge is 0.381 e. The van der Waals surface area contributed by atoms with Gasteiger partial charge in [-0.2, -0.15) is 0 Å². The van der Waals surface area contributed by atoms with Gasteiger partial charge in [-0.3, -0.25) is 9.59 Å². The SMILES string of the molecule is CCCC1NC(=O)CCN(C2CCOCC2)C1=O. The summed E-state index contributed by atoms with van der Waals surface area (Å²) >= 11 is 0. The molecule has 2 saturated heterocycles. The molecule has 0 aliphatic carbocycles. The summed E-state index contributed by atoms with van der Waals surface area (Å²) in [5.74, 6) is 0.0889. The monoisotopic (exact) mass is 254 g/mol. The molecule has 1 atom stereocenters. The molecule has 0 bridgehead atoms. The maximum absolute atomic E-state index is 12.5. The molecular weight excluding hydrogens is 232 g/mol. The minimum Gasteiger partial charge on any atom is -0.381 e. The van der Waals surface area contributed by atoms with E-state index in [1.54, 1.807) is 0 Å². The summed E-state index contributed by atoms with van der Waals surface area (Å²) in [6.45, 7) is 4.02. The maximum Gasteiger partial charge on any atom is 0.245 e. The fourth-order valence-electron chi connectivity index (χ4n) is 2.70. The Morgan fingerprint density at radius 2 is 2.06 bits per heavy atom. The minimum atomic E-state index is -0.326. The number of amides is 2. The van der Waals surface area contributed by atoms with Gasteiger partial charge in [-0.25, -0.2) is 0 Å². The zero-order valence-electron chi connectivity index (χ0n) is 11.0. The molecule has 2 amide bonds. The van der Waals surface area contributed by atoms with Crippen LogP contribution in [0, 0.1) is 0 Å². The number of nitrogens with zero attached hydrogens (tertiary/aromatic N) is 1. The summed E-state index contributed by atoms with van der Waals surface area (Å²) in [6.07, 6.45) is 3.82. The highest BCUT2D eigenvalue weighted by atomic mass is 16.5. The number of nitrogens with one attached hydrogen (secondary N) is 1. The summed E-state index contributed by atoms with van der Waals surface area (Å²) in [4.78, 5) is 26.0. The summed E-state index contributed by atoms with van der Waals surface area (Å²) < 4.78 is 5.33. The first-order valence-electron chi connectivity index (χ1n) is 6.90. The fourth-order valence-corrected chi connectivity index (χ4v) is 2.70. The van der Waals surface area contributed by atoms with Crippen molar-refractivity contribution in [2.75, 3.05) is 19.8 Å². The Balaban J connectivity index is 2.07. The van der Waals surface area contributed by atoms with E-state index in [1.807, 2.05) is 11.8 Å². The van der Waals surface area contributed by atoms with Crippen LogP contribution in [0.3, 0.4) is 0 Å². The Bertz CT molecular complexity index is 313. The van der Waals surface area contributed by atoms with Gasteiger partial charge in [-0.05, 0) is 19.3 Å². The van der Waals surface area contributed by atoms with Crippen LogP contribution in [-0.2, 0) is 14.3 Å². The zero-order chi connectivity index (χ0) is 13.0. The Labute approximate surface area is 108 Å². The summed E-state index contributed by atoms with van der Waals surface area (Å²) in [5.41, 5.74) is 0. The van der Waals surface area contributed by atoms with Crippen molar-refractivity contribution in [1.29, 1.82) is 0 Å². The molecule has 102 valence electrons. The molecule has 2 aliphatic rings. The molecule has 5 heteroatoms. The topological polar surface area (TPSA) is 58.6 Å². The molecule has 0 radical (unpaired) electrons. The van der Waals surface area contributed by atoms with Gasteiger partial charge in [0, 0.05) is 32.2 Å². The highest BCUT2D eigenvalue weighted by molar-refractivity contribution is 5.90. The highest BCUT2D eigenvalue weighted by Crippen LogP contribution is 2.18. The van der Waals surface area contributed by atoms with Crippen molar-refractivity contribution in [3.8, 4) is 0 Å². The third-order valence-electron chi connectivity index (χ3n) is 3.71. The van der Waals surface area contributed by atoms with E-state index in [1.165, 1.54) is 0 Å². The third kappa shape index (κ3) is 3.02. The van der Waals surface area contributed by atoms with Crippen molar-refractivity contribution in [3.05, 3.63) is 0 Å². The Kier molecular flexibility index (Phi) is 4.58. The molecule has 2 rings (SSSR count). The number of carbonyl (C=O) groups excluding carboxylic acids is 2. The fraction of sp³-hybridized carbons (Fsp3) is 0.846. The second kappa shape index (κ2) is 6.18. The van der Waals surface area contributed by atoms with Crippen molar-refractivity contribution >= 4 is 11.8 Å². The predicted octanol–water partition coefficient (Wildman–Crippen LogP) is 0.683. The number of hydrogen-bond donors (Lipinski definition) is 1. The van der Waals surface area contributed by atoms with E-state index >= 15 is 0 Å². The molecule has 0 aromatic heterocycles. The van der Waals surface area contributed by atoms with Crippen LogP contribution in [0.25, 0.3) is 0 Å². The number of ether oxygens (including phenoxy) is 1. The van der Waals surface area contributed by atoms with E-state index < -0.39 is 0 Å². The van der Waals surface area contributed by atoms with Crippen LogP contribution in [0.1, 0.15) is 39.0 Å². The van der Waals surface area contributed by atoms with Gasteiger partial charge < -0.3 is 15.0 Å². The van der Waals surface area contributed by atoms with Gasteiger partial charge >= 0.3 is 0 Å². The lowest BCUT2D eigenvalue weighted by Gasteiger charge is -2.34. The zero-order valence-corrected chi connectivity index (χ0v) is 11.0. The molecular formula is C13H22N2O3. The molecule has 2 heterocycles. The Morgan fingerprint density at radius 1 is 1.33 bits per heavy atom. The number of hydrogen-bond acceptors (Lipinski definition) is 3. The van der Waals surface area contributed by atoms with Gasteiger partial charge in [-0.15, -0.1) is 0 Å². The first kappa shape index (κ1) is 13.3. The van der Waals surface area contributed by atoms with Crippen molar-refractivity contribution in [3.63, 3.8) is 0 Å². The highest BCUT2D eigenvalue weighted by Gasteiger charge is 2.33. The molecule has 0 spiro atoms. The maximum atomic E-state index is 12.5. The lowest BCUT2D eigenvalue weighted by atomic mass is 10.0. The first-order chi connectivity index (χ1) is 8.72. The van der Waals surface area contributed by atoms with Crippen LogP contribution >= 0.6 is 0 Å². The Morgan fingerprint density at radius 3 is 2.72 bits per heavy atom. The molecule has 1 N–H and O–H groups in total. The normalized spacial score (nSPS) is 26.9. The molecule has 2 aliphatic heterocycles. The van der Waals surface area contributed by atoms with Crippen LogP contribution in [0.4, 0.5) is 0 Å². The van der Waals surface area contributed by atoms with Crippen LogP contribution in [0.15, 0.2) is 0 Å². The quantitative estimate of drug-likeness (QED) is 0.806. The summed E-state index contributed by atoms with van der Waals surface area (Å²) in [6, 6.07) is -0.0776. The van der Waals surface area contributed by atoms with E-state index in [0.29, 0.717) is 26.2 Å². The molecule has 5 nitrogen and oxygen atoms in total. The minimum absolute atomic E-state index is 0.00337. The predicted molar refractivity (Wildman–Crippen MR) is 67.0 cm³/mol. The average Bonchev–Trinajstić information content (AvgIpc) is 2.52. The lowest BCUT2D eigenvalue weighted by molar-refractivity contribution is -0.137. The van der Waals surface area contributed by atoms with Crippen LogP contribution in [0.5, 0.6) is 0 Å². The van der Waals surface area contributed by atoms with Crippen LogP contribution < -0.4 is 5.32 Å². The molecule has 2 fully saturated rings. The molecule has 0 saturated carbocycles. The van der Waals surface area contributed by atoms with Gasteiger partial charge in [0.1, 0.15) is 6.04 Å². The second-order valence-electron chi connectivity index (χ2n) is 5.03. The summed E-state index contributed by atoms with van der Waals surface area (Å²) in [7, 11) is 0. The van der Waals surface area contributed by atoms with Gasteiger partial charge in [0.15, 0.2) is 0 Å². The van der Waals surface area contributed by atoms with Crippen LogP contribution in [-0.4, -0.2) is 48.6 Å². The van der Waals surface area contributed by atoms with E-state index in [0.717, 1.165) is 25.7 Å². The molecule has 0 aromatic rings. The Hall–Kier alpha value is -1.10. The van der Waals surface area contributed by atoms with Crippen molar-refractivity contribution in [2.45, 2.75) is 51.1 Å². The smallest absolute Gasteiger partial charge is 0.245 e. The van der Waals surface area contributed by atoms with Gasteiger partial charge in [0.2, 0.25) is 11.8 Å². The van der Waals surface area contributed by atoms with Crippen molar-refractivity contribution in [2.24, 2.45) is 0 Å². The molecule has 0 aromatic carbocycles. The van der Waals surface area contributed by atoms with Crippen LogP contribution in [0.2, 0.25) is 0 Å². The van der Waals surface area contributed by atoms with E-state index in [9.17, 15) is 9.59 Å². The number of carbonyl (C=O) groups is 2.